The standard InChI is InChI=1S/C20H25N3O2/c1-14-13-25-19(16-8-6-5-7-9-16)15(2)23(14)20(24)18-12-17(22(3)4)10-11-21-18/h5-12,14-15,19H,13H2,1-4H3. The Labute approximate surface area is 149 Å². The first-order valence-corrected chi connectivity index (χ1v) is 8.61. The molecule has 0 bridgehead atoms. The number of hydrogen-bond acceptors (Lipinski definition) is 4. The maximum absolute atomic E-state index is 13.2. The predicted molar refractivity (Wildman–Crippen MR) is 98.8 cm³/mol. The first-order chi connectivity index (χ1) is 12.0. The van der Waals surface area contributed by atoms with Crippen LogP contribution in [0.1, 0.15) is 36.0 Å². The molecular formula is C20H25N3O2. The third kappa shape index (κ3) is 3.51. The van der Waals surface area contributed by atoms with Crippen LogP contribution in [0.25, 0.3) is 0 Å². The lowest BCUT2D eigenvalue weighted by atomic mass is 9.98. The van der Waals surface area contributed by atoms with Gasteiger partial charge in [-0.3, -0.25) is 9.78 Å². The normalized spacial score (nSPS) is 23.4. The highest BCUT2D eigenvalue weighted by Crippen LogP contribution is 2.31. The monoisotopic (exact) mass is 339 g/mol. The minimum atomic E-state index is -0.126. The molecule has 2 heterocycles. The molecule has 25 heavy (non-hydrogen) atoms. The highest BCUT2D eigenvalue weighted by molar-refractivity contribution is 5.93. The van der Waals surface area contributed by atoms with Crippen LogP contribution in [-0.4, -0.2) is 48.6 Å². The van der Waals surface area contributed by atoms with E-state index in [4.69, 9.17) is 4.74 Å². The number of rotatable bonds is 3. The van der Waals surface area contributed by atoms with Gasteiger partial charge in [-0.25, -0.2) is 0 Å². The molecule has 3 rings (SSSR count). The Hall–Kier alpha value is -2.40. The molecule has 5 nitrogen and oxygen atoms in total. The van der Waals surface area contributed by atoms with Crippen LogP contribution in [0.4, 0.5) is 5.69 Å². The van der Waals surface area contributed by atoms with Crippen LogP contribution in [0.2, 0.25) is 0 Å². The third-order valence-corrected chi connectivity index (χ3v) is 4.71. The topological polar surface area (TPSA) is 45.7 Å². The minimum Gasteiger partial charge on any atom is -0.378 e. The van der Waals surface area contributed by atoms with Crippen molar-refractivity contribution in [2.24, 2.45) is 0 Å². The first kappa shape index (κ1) is 17.4. The van der Waals surface area contributed by atoms with E-state index in [0.717, 1.165) is 11.3 Å². The van der Waals surface area contributed by atoms with Crippen LogP contribution in [0.3, 0.4) is 0 Å². The van der Waals surface area contributed by atoms with Crippen molar-refractivity contribution in [3.63, 3.8) is 0 Å². The van der Waals surface area contributed by atoms with Crippen molar-refractivity contribution in [2.75, 3.05) is 25.6 Å². The Balaban J connectivity index is 1.88. The molecule has 0 saturated carbocycles. The molecule has 1 aliphatic heterocycles. The minimum absolute atomic E-state index is 0.00674. The Bertz CT molecular complexity index is 733. The van der Waals surface area contributed by atoms with Crippen molar-refractivity contribution in [3.8, 4) is 0 Å². The van der Waals surface area contributed by atoms with Gasteiger partial charge in [-0.15, -0.1) is 0 Å². The van der Waals surface area contributed by atoms with Crippen LogP contribution >= 0.6 is 0 Å². The van der Waals surface area contributed by atoms with Gasteiger partial charge in [0.1, 0.15) is 11.8 Å². The average molecular weight is 339 g/mol. The number of morpholine rings is 1. The maximum Gasteiger partial charge on any atom is 0.273 e. The molecular weight excluding hydrogens is 314 g/mol. The van der Waals surface area contributed by atoms with Gasteiger partial charge in [0.15, 0.2) is 0 Å². The van der Waals surface area contributed by atoms with Crippen molar-refractivity contribution in [2.45, 2.75) is 32.0 Å². The summed E-state index contributed by atoms with van der Waals surface area (Å²) in [5.74, 6) is -0.0482. The molecule has 1 aliphatic rings. The van der Waals surface area contributed by atoms with Gasteiger partial charge in [0.05, 0.1) is 18.7 Å². The number of ether oxygens (including phenoxy) is 1. The van der Waals surface area contributed by atoms with E-state index < -0.39 is 0 Å². The summed E-state index contributed by atoms with van der Waals surface area (Å²) in [6.07, 6.45) is 1.56. The molecule has 1 aromatic carbocycles. The largest absolute Gasteiger partial charge is 0.378 e. The number of benzene rings is 1. The summed E-state index contributed by atoms with van der Waals surface area (Å²) in [6, 6.07) is 13.8. The number of carbonyl (C=O) groups is 1. The van der Waals surface area contributed by atoms with Gasteiger partial charge < -0.3 is 14.5 Å². The van der Waals surface area contributed by atoms with Gasteiger partial charge in [0.2, 0.25) is 0 Å². The second-order valence-electron chi connectivity index (χ2n) is 6.76. The number of nitrogens with zero attached hydrogens (tertiary/aromatic N) is 3. The zero-order valence-electron chi connectivity index (χ0n) is 15.2. The summed E-state index contributed by atoms with van der Waals surface area (Å²) >= 11 is 0. The lowest BCUT2D eigenvalue weighted by molar-refractivity contribution is -0.0807. The Morgan fingerprint density at radius 1 is 1.20 bits per heavy atom. The molecule has 132 valence electrons. The highest BCUT2D eigenvalue weighted by atomic mass is 16.5. The molecule has 1 aromatic heterocycles. The zero-order chi connectivity index (χ0) is 18.0. The fourth-order valence-electron chi connectivity index (χ4n) is 3.36. The third-order valence-electron chi connectivity index (χ3n) is 4.71. The summed E-state index contributed by atoms with van der Waals surface area (Å²) in [6.45, 7) is 4.58. The number of pyridine rings is 1. The number of amides is 1. The predicted octanol–water partition coefficient (Wildman–Crippen LogP) is 3.14. The van der Waals surface area contributed by atoms with Crippen molar-refractivity contribution in [1.82, 2.24) is 9.88 Å². The Morgan fingerprint density at radius 2 is 1.92 bits per heavy atom. The van der Waals surface area contributed by atoms with Crippen molar-refractivity contribution in [3.05, 3.63) is 59.9 Å². The molecule has 3 atom stereocenters. The fourth-order valence-corrected chi connectivity index (χ4v) is 3.36. The molecule has 3 unspecified atom stereocenters. The second-order valence-corrected chi connectivity index (χ2v) is 6.76. The molecule has 5 heteroatoms. The van der Waals surface area contributed by atoms with E-state index >= 15 is 0 Å². The number of aromatic nitrogens is 1. The fraction of sp³-hybridized carbons (Fsp3) is 0.400. The van der Waals surface area contributed by atoms with E-state index in [1.54, 1.807) is 6.20 Å². The lowest BCUT2D eigenvalue weighted by Crippen LogP contribution is -2.53. The van der Waals surface area contributed by atoms with E-state index in [1.165, 1.54) is 0 Å². The number of carbonyl (C=O) groups excluding carboxylic acids is 1. The summed E-state index contributed by atoms with van der Waals surface area (Å²) < 4.78 is 6.04. The van der Waals surface area contributed by atoms with Crippen LogP contribution < -0.4 is 4.90 Å². The van der Waals surface area contributed by atoms with E-state index in [-0.39, 0.29) is 24.1 Å². The van der Waals surface area contributed by atoms with Crippen molar-refractivity contribution < 1.29 is 9.53 Å². The van der Waals surface area contributed by atoms with E-state index in [2.05, 4.69) is 4.98 Å². The molecule has 1 fully saturated rings. The zero-order valence-corrected chi connectivity index (χ0v) is 15.2. The molecule has 0 radical (unpaired) electrons. The summed E-state index contributed by atoms with van der Waals surface area (Å²) in [4.78, 5) is 21.3. The molecule has 0 N–H and O–H groups in total. The van der Waals surface area contributed by atoms with Crippen LogP contribution in [-0.2, 0) is 4.74 Å². The first-order valence-electron chi connectivity index (χ1n) is 8.61. The molecule has 0 aliphatic carbocycles. The van der Waals surface area contributed by atoms with Gasteiger partial charge in [-0.05, 0) is 31.5 Å². The van der Waals surface area contributed by atoms with Gasteiger partial charge in [0, 0.05) is 26.0 Å². The summed E-state index contributed by atoms with van der Waals surface area (Å²) in [7, 11) is 3.91. The van der Waals surface area contributed by atoms with Crippen molar-refractivity contribution in [1.29, 1.82) is 0 Å². The van der Waals surface area contributed by atoms with Crippen LogP contribution in [0.15, 0.2) is 48.7 Å². The van der Waals surface area contributed by atoms with Gasteiger partial charge >= 0.3 is 0 Å². The maximum atomic E-state index is 13.2. The molecule has 2 aromatic rings. The molecule has 1 amide bonds. The van der Waals surface area contributed by atoms with Gasteiger partial charge in [-0.2, -0.15) is 0 Å². The number of hydrogen-bond donors (Lipinski definition) is 0. The quantitative estimate of drug-likeness (QED) is 0.862. The Kier molecular flexibility index (Phi) is 5.04. The lowest BCUT2D eigenvalue weighted by Gasteiger charge is -2.43. The average Bonchev–Trinajstić information content (AvgIpc) is 2.62. The molecule has 1 saturated heterocycles. The van der Waals surface area contributed by atoms with Gasteiger partial charge in [-0.1, -0.05) is 30.3 Å². The second kappa shape index (κ2) is 7.23. The van der Waals surface area contributed by atoms with E-state index in [9.17, 15) is 4.79 Å². The van der Waals surface area contributed by atoms with Gasteiger partial charge in [0.25, 0.3) is 5.91 Å². The summed E-state index contributed by atoms with van der Waals surface area (Å²) in [5, 5.41) is 0. The van der Waals surface area contributed by atoms with Crippen molar-refractivity contribution >= 4 is 11.6 Å². The number of anilines is 1. The highest BCUT2D eigenvalue weighted by Gasteiger charge is 2.37. The Morgan fingerprint density at radius 3 is 2.60 bits per heavy atom. The van der Waals surface area contributed by atoms with Crippen LogP contribution in [0.5, 0.6) is 0 Å². The van der Waals surface area contributed by atoms with E-state index in [1.807, 2.05) is 80.2 Å². The van der Waals surface area contributed by atoms with E-state index in [0.29, 0.717) is 12.3 Å². The van der Waals surface area contributed by atoms with Crippen LogP contribution in [0, 0.1) is 0 Å². The summed E-state index contributed by atoms with van der Waals surface area (Å²) in [5.41, 5.74) is 2.53. The smallest absolute Gasteiger partial charge is 0.273 e. The molecule has 0 spiro atoms. The SMILES string of the molecule is CC1COC(c2ccccc2)C(C)N1C(=O)c1cc(N(C)C)ccn1.